The van der Waals surface area contributed by atoms with E-state index in [1.165, 1.54) is 22.9 Å². The first kappa shape index (κ1) is 17.2. The van der Waals surface area contributed by atoms with Gasteiger partial charge in [0.1, 0.15) is 0 Å². The molecule has 132 valence electrons. The van der Waals surface area contributed by atoms with E-state index < -0.39 is 17.6 Å². The van der Waals surface area contributed by atoms with Crippen molar-refractivity contribution in [1.29, 1.82) is 0 Å². The summed E-state index contributed by atoms with van der Waals surface area (Å²) in [6.07, 6.45) is -2.40. The van der Waals surface area contributed by atoms with Crippen molar-refractivity contribution < 1.29 is 18.0 Å². The lowest BCUT2D eigenvalue weighted by atomic mass is 10.1. The molecular weight excluding hydrogens is 335 g/mol. The van der Waals surface area contributed by atoms with E-state index in [4.69, 9.17) is 0 Å². The van der Waals surface area contributed by atoms with Gasteiger partial charge in [-0.25, -0.2) is 4.68 Å². The van der Waals surface area contributed by atoms with Crippen molar-refractivity contribution in [2.45, 2.75) is 31.5 Å². The van der Waals surface area contributed by atoms with Gasteiger partial charge >= 0.3 is 6.18 Å². The summed E-state index contributed by atoms with van der Waals surface area (Å²) in [6, 6.07) is 7.34. The van der Waals surface area contributed by atoms with Crippen LogP contribution in [0.15, 0.2) is 41.2 Å². The van der Waals surface area contributed by atoms with Crippen molar-refractivity contribution in [3.05, 3.63) is 63.6 Å². The van der Waals surface area contributed by atoms with E-state index in [0.29, 0.717) is 5.92 Å². The molecule has 0 saturated heterocycles. The van der Waals surface area contributed by atoms with Crippen molar-refractivity contribution >= 4 is 5.91 Å². The van der Waals surface area contributed by atoms with Crippen LogP contribution < -0.4 is 10.9 Å². The Balaban J connectivity index is 1.62. The van der Waals surface area contributed by atoms with E-state index in [0.717, 1.165) is 30.7 Å². The lowest BCUT2D eigenvalue weighted by Crippen LogP contribution is -2.32. The van der Waals surface area contributed by atoms with Crippen LogP contribution in [-0.4, -0.2) is 22.2 Å². The molecule has 0 aliphatic heterocycles. The molecule has 25 heavy (non-hydrogen) atoms. The first-order valence-corrected chi connectivity index (χ1v) is 7.88. The second kappa shape index (κ2) is 6.70. The highest BCUT2D eigenvalue weighted by Gasteiger charge is 2.30. The fourth-order valence-corrected chi connectivity index (χ4v) is 2.44. The molecular formula is C17H16F3N3O2. The van der Waals surface area contributed by atoms with E-state index >= 15 is 0 Å². The second-order valence-corrected chi connectivity index (χ2v) is 5.93. The number of halogens is 3. The van der Waals surface area contributed by atoms with Gasteiger partial charge in [-0.1, -0.05) is 6.07 Å². The summed E-state index contributed by atoms with van der Waals surface area (Å²) in [4.78, 5) is 23.8. The van der Waals surface area contributed by atoms with Crippen LogP contribution in [0.3, 0.4) is 0 Å². The molecule has 3 rings (SSSR count). The monoisotopic (exact) mass is 351 g/mol. The molecule has 0 atom stereocenters. The number of benzene rings is 1. The number of hydrogen-bond acceptors (Lipinski definition) is 3. The molecule has 1 aliphatic rings. The Morgan fingerprint density at radius 3 is 2.68 bits per heavy atom. The summed E-state index contributed by atoms with van der Waals surface area (Å²) in [5.74, 6) is -0.232. The average Bonchev–Trinajstić information content (AvgIpc) is 3.41. The molecule has 1 heterocycles. The van der Waals surface area contributed by atoms with E-state index in [1.54, 1.807) is 6.07 Å². The molecule has 1 fully saturated rings. The molecule has 1 aromatic carbocycles. The molecule has 0 radical (unpaired) electrons. The van der Waals surface area contributed by atoms with Gasteiger partial charge in [-0.15, -0.1) is 0 Å². The van der Waals surface area contributed by atoms with E-state index in [2.05, 4.69) is 10.4 Å². The van der Waals surface area contributed by atoms with Crippen LogP contribution in [0.25, 0.3) is 0 Å². The van der Waals surface area contributed by atoms with Crippen LogP contribution in [0.2, 0.25) is 0 Å². The third-order valence-electron chi connectivity index (χ3n) is 3.94. The number of alkyl halides is 3. The highest BCUT2D eigenvalue weighted by atomic mass is 19.4. The summed E-state index contributed by atoms with van der Waals surface area (Å²) in [5, 5.41) is 6.77. The SMILES string of the molecule is O=C(NCCn1nc(C2CC2)ccc1=O)c1cccc(C(F)(F)F)c1. The first-order valence-electron chi connectivity index (χ1n) is 7.88. The van der Waals surface area contributed by atoms with Crippen LogP contribution in [0, 0.1) is 0 Å². The largest absolute Gasteiger partial charge is 0.416 e. The van der Waals surface area contributed by atoms with Crippen LogP contribution in [-0.2, 0) is 12.7 Å². The number of aromatic nitrogens is 2. The number of carbonyl (C=O) groups excluding carboxylic acids is 1. The van der Waals surface area contributed by atoms with Crippen LogP contribution in [0.5, 0.6) is 0 Å². The fourth-order valence-electron chi connectivity index (χ4n) is 2.44. The maximum Gasteiger partial charge on any atom is 0.416 e. The predicted molar refractivity (Wildman–Crippen MR) is 84.2 cm³/mol. The van der Waals surface area contributed by atoms with E-state index in [1.807, 2.05) is 0 Å². The molecule has 0 unspecified atom stereocenters. The van der Waals surface area contributed by atoms with Gasteiger partial charge in [-0.05, 0) is 37.1 Å². The summed E-state index contributed by atoms with van der Waals surface area (Å²) in [5.41, 5.74) is -0.390. The van der Waals surface area contributed by atoms with Gasteiger partial charge in [0, 0.05) is 24.1 Å². The maximum absolute atomic E-state index is 12.7. The van der Waals surface area contributed by atoms with Gasteiger partial charge in [0.05, 0.1) is 17.8 Å². The number of nitrogens with zero attached hydrogens (tertiary/aromatic N) is 2. The number of rotatable bonds is 5. The smallest absolute Gasteiger partial charge is 0.350 e. The fraction of sp³-hybridized carbons (Fsp3) is 0.353. The van der Waals surface area contributed by atoms with Crippen LogP contribution in [0.1, 0.15) is 40.4 Å². The van der Waals surface area contributed by atoms with Gasteiger partial charge in [-0.3, -0.25) is 9.59 Å². The molecule has 1 aromatic heterocycles. The lowest BCUT2D eigenvalue weighted by Gasteiger charge is -2.10. The minimum absolute atomic E-state index is 0.0816. The summed E-state index contributed by atoms with van der Waals surface area (Å²) in [7, 11) is 0. The number of carbonyl (C=O) groups is 1. The van der Waals surface area contributed by atoms with Crippen molar-refractivity contribution in [2.75, 3.05) is 6.54 Å². The zero-order valence-electron chi connectivity index (χ0n) is 13.2. The molecule has 1 amide bonds. The summed E-state index contributed by atoms with van der Waals surface area (Å²) >= 11 is 0. The van der Waals surface area contributed by atoms with Gasteiger partial charge in [0.25, 0.3) is 11.5 Å². The number of hydrogen-bond donors (Lipinski definition) is 1. The molecule has 5 nitrogen and oxygen atoms in total. The third-order valence-corrected chi connectivity index (χ3v) is 3.94. The summed E-state index contributed by atoms with van der Waals surface area (Å²) in [6.45, 7) is 0.250. The number of nitrogens with one attached hydrogen (secondary N) is 1. The van der Waals surface area contributed by atoms with Gasteiger partial charge < -0.3 is 5.32 Å². The predicted octanol–water partition coefficient (Wildman–Crippen LogP) is 2.57. The van der Waals surface area contributed by atoms with E-state index in [9.17, 15) is 22.8 Å². The highest BCUT2D eigenvalue weighted by Crippen LogP contribution is 2.38. The first-order chi connectivity index (χ1) is 11.8. The molecule has 0 spiro atoms. The second-order valence-electron chi connectivity index (χ2n) is 5.93. The highest BCUT2D eigenvalue weighted by molar-refractivity contribution is 5.94. The Morgan fingerprint density at radius 1 is 1.24 bits per heavy atom. The zero-order valence-corrected chi connectivity index (χ0v) is 13.2. The molecule has 2 aromatic rings. The Bertz CT molecular complexity index is 842. The maximum atomic E-state index is 12.7. The summed E-state index contributed by atoms with van der Waals surface area (Å²) < 4.78 is 39.3. The Hall–Kier alpha value is -2.64. The van der Waals surface area contributed by atoms with Crippen LogP contribution >= 0.6 is 0 Å². The van der Waals surface area contributed by atoms with Crippen molar-refractivity contribution in [1.82, 2.24) is 15.1 Å². The van der Waals surface area contributed by atoms with Crippen molar-refractivity contribution in [3.63, 3.8) is 0 Å². The van der Waals surface area contributed by atoms with Crippen LogP contribution in [0.4, 0.5) is 13.2 Å². The molecule has 8 heteroatoms. The quantitative estimate of drug-likeness (QED) is 0.901. The Labute approximate surface area is 141 Å². The minimum atomic E-state index is -4.50. The Kier molecular flexibility index (Phi) is 4.61. The standard InChI is InChI=1S/C17H16F3N3O2/c18-17(19,20)13-3-1-2-12(10-13)16(25)21-8-9-23-15(24)7-6-14(22-23)11-4-5-11/h1-3,6-7,10-11H,4-5,8-9H2,(H,21,25). The van der Waals surface area contributed by atoms with Crippen molar-refractivity contribution in [3.8, 4) is 0 Å². The molecule has 0 bridgehead atoms. The lowest BCUT2D eigenvalue weighted by molar-refractivity contribution is -0.137. The normalized spacial score (nSPS) is 14.4. The molecule has 1 saturated carbocycles. The van der Waals surface area contributed by atoms with Gasteiger partial charge in [0.2, 0.25) is 0 Å². The minimum Gasteiger partial charge on any atom is -0.350 e. The zero-order chi connectivity index (χ0) is 18.0. The van der Waals surface area contributed by atoms with E-state index in [-0.39, 0.29) is 24.2 Å². The number of amides is 1. The topological polar surface area (TPSA) is 64.0 Å². The van der Waals surface area contributed by atoms with Gasteiger partial charge in [-0.2, -0.15) is 18.3 Å². The molecule has 1 aliphatic carbocycles. The Morgan fingerprint density at radius 2 is 2.00 bits per heavy atom. The average molecular weight is 351 g/mol. The third kappa shape index (κ3) is 4.26. The van der Waals surface area contributed by atoms with Gasteiger partial charge in [0.15, 0.2) is 0 Å². The molecule has 1 N–H and O–H groups in total. The van der Waals surface area contributed by atoms with Crippen molar-refractivity contribution in [2.24, 2.45) is 0 Å².